The summed E-state index contributed by atoms with van der Waals surface area (Å²) in [6, 6.07) is 9.04. The Labute approximate surface area is 140 Å². The first-order valence-electron chi connectivity index (χ1n) is 7.37. The SMILES string of the molecule is CS(=O)(=O)N(CCNC(=O)c1ccco1)CCc1ccc(F)cc1. The number of nitrogens with one attached hydrogen (secondary N) is 1. The van der Waals surface area contributed by atoms with Crippen LogP contribution in [0, 0.1) is 5.82 Å². The Bertz CT molecular complexity index is 758. The van der Waals surface area contributed by atoms with Crippen LogP contribution in [0.5, 0.6) is 0 Å². The molecule has 0 saturated carbocycles. The number of carbonyl (C=O) groups excluding carboxylic acids is 1. The highest BCUT2D eigenvalue weighted by molar-refractivity contribution is 7.88. The van der Waals surface area contributed by atoms with Crippen LogP contribution < -0.4 is 5.32 Å². The van der Waals surface area contributed by atoms with Crippen molar-refractivity contribution < 1.29 is 22.0 Å². The maximum atomic E-state index is 12.9. The van der Waals surface area contributed by atoms with E-state index < -0.39 is 15.9 Å². The molecule has 1 N–H and O–H groups in total. The summed E-state index contributed by atoms with van der Waals surface area (Å²) in [5.41, 5.74) is 0.838. The average Bonchev–Trinajstić information content (AvgIpc) is 3.05. The first-order valence-corrected chi connectivity index (χ1v) is 9.22. The van der Waals surface area contributed by atoms with Crippen molar-refractivity contribution in [2.45, 2.75) is 6.42 Å². The minimum atomic E-state index is -3.41. The molecular weight excluding hydrogens is 335 g/mol. The second kappa shape index (κ2) is 8.07. The minimum absolute atomic E-state index is 0.145. The van der Waals surface area contributed by atoms with Crippen LogP contribution in [0.4, 0.5) is 4.39 Å². The molecular formula is C16H19FN2O4S. The number of hydrogen-bond donors (Lipinski definition) is 1. The van der Waals surface area contributed by atoms with E-state index >= 15 is 0 Å². The van der Waals surface area contributed by atoms with Crippen molar-refractivity contribution >= 4 is 15.9 Å². The third kappa shape index (κ3) is 5.47. The summed E-state index contributed by atoms with van der Waals surface area (Å²) >= 11 is 0. The second-order valence-corrected chi connectivity index (χ2v) is 7.25. The van der Waals surface area contributed by atoms with Gasteiger partial charge in [0.2, 0.25) is 10.0 Å². The fourth-order valence-corrected chi connectivity index (χ4v) is 2.98. The first kappa shape index (κ1) is 18.2. The number of rotatable bonds is 8. The smallest absolute Gasteiger partial charge is 0.287 e. The van der Waals surface area contributed by atoms with Crippen molar-refractivity contribution in [1.82, 2.24) is 9.62 Å². The largest absolute Gasteiger partial charge is 0.459 e. The van der Waals surface area contributed by atoms with E-state index in [1.807, 2.05) is 0 Å². The van der Waals surface area contributed by atoms with Crippen molar-refractivity contribution in [3.05, 3.63) is 59.8 Å². The van der Waals surface area contributed by atoms with Crippen LogP contribution in [0.15, 0.2) is 47.1 Å². The van der Waals surface area contributed by atoms with Gasteiger partial charge in [-0.2, -0.15) is 0 Å². The van der Waals surface area contributed by atoms with Crippen molar-refractivity contribution in [2.75, 3.05) is 25.9 Å². The number of sulfonamides is 1. The molecule has 2 aromatic rings. The maximum Gasteiger partial charge on any atom is 0.287 e. The third-order valence-electron chi connectivity index (χ3n) is 3.42. The van der Waals surface area contributed by atoms with E-state index in [4.69, 9.17) is 4.42 Å². The Morgan fingerprint density at radius 3 is 2.50 bits per heavy atom. The molecule has 24 heavy (non-hydrogen) atoms. The first-order chi connectivity index (χ1) is 11.4. The van der Waals surface area contributed by atoms with Gasteiger partial charge < -0.3 is 9.73 Å². The molecule has 0 aliphatic carbocycles. The highest BCUT2D eigenvalue weighted by Crippen LogP contribution is 2.06. The van der Waals surface area contributed by atoms with Gasteiger partial charge in [-0.25, -0.2) is 17.1 Å². The Morgan fingerprint density at radius 1 is 1.21 bits per heavy atom. The van der Waals surface area contributed by atoms with E-state index in [0.717, 1.165) is 11.8 Å². The predicted molar refractivity (Wildman–Crippen MR) is 87.6 cm³/mol. The Kier molecular flexibility index (Phi) is 6.10. The fraction of sp³-hybridized carbons (Fsp3) is 0.312. The predicted octanol–water partition coefficient (Wildman–Crippen LogP) is 1.65. The quantitative estimate of drug-likeness (QED) is 0.782. The fourth-order valence-electron chi connectivity index (χ4n) is 2.14. The molecule has 1 aromatic carbocycles. The van der Waals surface area contributed by atoms with E-state index in [1.54, 1.807) is 18.2 Å². The minimum Gasteiger partial charge on any atom is -0.459 e. The molecule has 0 spiro atoms. The molecule has 1 heterocycles. The summed E-state index contributed by atoms with van der Waals surface area (Å²) in [4.78, 5) is 11.7. The highest BCUT2D eigenvalue weighted by atomic mass is 32.2. The summed E-state index contributed by atoms with van der Waals surface area (Å²) in [7, 11) is -3.41. The lowest BCUT2D eigenvalue weighted by atomic mass is 10.1. The van der Waals surface area contributed by atoms with Gasteiger partial charge in [-0.3, -0.25) is 4.79 Å². The van der Waals surface area contributed by atoms with Crippen molar-refractivity contribution in [2.24, 2.45) is 0 Å². The zero-order valence-electron chi connectivity index (χ0n) is 13.2. The standard InChI is InChI=1S/C16H19FN2O4S/c1-24(21,22)19(10-8-13-4-6-14(17)7-5-13)11-9-18-16(20)15-3-2-12-23-15/h2-7,12H,8-11H2,1H3,(H,18,20). The summed E-state index contributed by atoms with van der Waals surface area (Å²) in [6.45, 7) is 0.559. The molecule has 6 nitrogen and oxygen atoms in total. The zero-order chi connectivity index (χ0) is 17.6. The molecule has 130 valence electrons. The lowest BCUT2D eigenvalue weighted by Gasteiger charge is -2.20. The van der Waals surface area contributed by atoms with E-state index in [9.17, 15) is 17.6 Å². The summed E-state index contributed by atoms with van der Waals surface area (Å²) < 4.78 is 42.8. The van der Waals surface area contributed by atoms with E-state index in [2.05, 4.69) is 5.32 Å². The van der Waals surface area contributed by atoms with Crippen LogP contribution >= 0.6 is 0 Å². The number of nitrogens with zero attached hydrogens (tertiary/aromatic N) is 1. The van der Waals surface area contributed by atoms with E-state index in [1.165, 1.54) is 28.8 Å². The molecule has 0 fully saturated rings. The van der Waals surface area contributed by atoms with Gasteiger partial charge in [-0.15, -0.1) is 0 Å². The van der Waals surface area contributed by atoms with Crippen LogP contribution in [-0.4, -0.2) is 44.5 Å². The van der Waals surface area contributed by atoms with Crippen LogP contribution in [0.25, 0.3) is 0 Å². The van der Waals surface area contributed by atoms with E-state index in [-0.39, 0.29) is 31.2 Å². The number of amides is 1. The number of halogens is 1. The van der Waals surface area contributed by atoms with Gasteiger partial charge in [-0.05, 0) is 36.2 Å². The van der Waals surface area contributed by atoms with Gasteiger partial charge in [0.05, 0.1) is 12.5 Å². The normalized spacial score (nSPS) is 11.6. The van der Waals surface area contributed by atoms with Gasteiger partial charge in [0.25, 0.3) is 5.91 Å². The van der Waals surface area contributed by atoms with Crippen LogP contribution in [0.3, 0.4) is 0 Å². The Balaban J connectivity index is 1.87. The lowest BCUT2D eigenvalue weighted by Crippen LogP contribution is -2.39. The van der Waals surface area contributed by atoms with Gasteiger partial charge in [-0.1, -0.05) is 12.1 Å². The van der Waals surface area contributed by atoms with Crippen LogP contribution in [0.1, 0.15) is 16.1 Å². The monoisotopic (exact) mass is 354 g/mol. The summed E-state index contributed by atoms with van der Waals surface area (Å²) in [5.74, 6) is -0.557. The van der Waals surface area contributed by atoms with Gasteiger partial charge >= 0.3 is 0 Å². The molecule has 1 aromatic heterocycles. The average molecular weight is 354 g/mol. The van der Waals surface area contributed by atoms with Crippen LogP contribution in [0.2, 0.25) is 0 Å². The van der Waals surface area contributed by atoms with Gasteiger partial charge in [0, 0.05) is 19.6 Å². The highest BCUT2D eigenvalue weighted by Gasteiger charge is 2.17. The van der Waals surface area contributed by atoms with Gasteiger partial charge in [0.1, 0.15) is 5.82 Å². The Morgan fingerprint density at radius 2 is 1.92 bits per heavy atom. The Hall–Kier alpha value is -2.19. The van der Waals surface area contributed by atoms with Crippen molar-refractivity contribution in [1.29, 1.82) is 0 Å². The third-order valence-corrected chi connectivity index (χ3v) is 4.73. The summed E-state index contributed by atoms with van der Waals surface area (Å²) in [6.07, 6.45) is 2.96. The topological polar surface area (TPSA) is 79.6 Å². The molecule has 0 radical (unpaired) electrons. The van der Waals surface area contributed by atoms with E-state index in [0.29, 0.717) is 6.42 Å². The van der Waals surface area contributed by atoms with Crippen molar-refractivity contribution in [3.63, 3.8) is 0 Å². The molecule has 0 atom stereocenters. The molecule has 0 aliphatic rings. The molecule has 0 aliphatic heterocycles. The maximum absolute atomic E-state index is 12.9. The number of hydrogen-bond acceptors (Lipinski definition) is 4. The lowest BCUT2D eigenvalue weighted by molar-refractivity contribution is 0.0924. The molecule has 0 saturated heterocycles. The summed E-state index contributed by atoms with van der Waals surface area (Å²) in [5, 5.41) is 2.60. The van der Waals surface area contributed by atoms with Crippen LogP contribution in [-0.2, 0) is 16.4 Å². The molecule has 8 heteroatoms. The number of carbonyl (C=O) groups is 1. The number of benzene rings is 1. The molecule has 0 unspecified atom stereocenters. The molecule has 1 amide bonds. The molecule has 0 bridgehead atoms. The molecule has 2 rings (SSSR count). The van der Waals surface area contributed by atoms with Crippen molar-refractivity contribution in [3.8, 4) is 0 Å². The second-order valence-electron chi connectivity index (χ2n) is 5.27. The van der Waals surface area contributed by atoms with Gasteiger partial charge in [0.15, 0.2) is 5.76 Å². The number of furan rings is 1. The zero-order valence-corrected chi connectivity index (χ0v) is 14.1.